The highest BCUT2D eigenvalue weighted by Crippen LogP contribution is 1.98. The fourth-order valence-corrected chi connectivity index (χ4v) is 1.92. The number of esters is 1. The van der Waals surface area contributed by atoms with Gasteiger partial charge in [0.1, 0.15) is 5.82 Å². The number of carbonyl (C=O) groups excluding carboxylic acids is 2. The Kier molecular flexibility index (Phi) is 7.22. The molecule has 0 saturated heterocycles. The van der Waals surface area contributed by atoms with E-state index in [1.54, 1.807) is 13.8 Å². The first kappa shape index (κ1) is 19.5. The molecule has 1 heterocycles. The van der Waals surface area contributed by atoms with Crippen molar-refractivity contribution in [2.75, 3.05) is 18.4 Å². The van der Waals surface area contributed by atoms with E-state index in [1.165, 1.54) is 24.7 Å². The van der Waals surface area contributed by atoms with Gasteiger partial charge in [0.15, 0.2) is 0 Å². The monoisotopic (exact) mass is 340 g/mol. The lowest BCUT2D eigenvalue weighted by Gasteiger charge is -2.12. The molecule has 134 valence electrons. The van der Waals surface area contributed by atoms with Crippen molar-refractivity contribution in [3.63, 3.8) is 0 Å². The van der Waals surface area contributed by atoms with Gasteiger partial charge in [-0.05, 0) is 13.8 Å². The van der Waals surface area contributed by atoms with Crippen LogP contribution in [0.3, 0.4) is 0 Å². The van der Waals surface area contributed by atoms with Crippen LogP contribution < -0.4 is 21.9 Å². The van der Waals surface area contributed by atoms with Crippen molar-refractivity contribution in [2.45, 2.75) is 32.8 Å². The van der Waals surface area contributed by atoms with Crippen LogP contribution in [0.2, 0.25) is 0 Å². The smallest absolute Gasteiger partial charge is 0.332 e. The predicted octanol–water partition coefficient (Wildman–Crippen LogP) is -0.656. The van der Waals surface area contributed by atoms with Gasteiger partial charge in [-0.15, -0.1) is 0 Å². The maximum Gasteiger partial charge on any atom is 0.332 e. The zero-order valence-electron chi connectivity index (χ0n) is 14.4. The maximum atomic E-state index is 11.8. The van der Waals surface area contributed by atoms with Crippen molar-refractivity contribution in [3.05, 3.63) is 26.9 Å². The lowest BCUT2D eigenvalue weighted by Crippen LogP contribution is -2.37. The number of nitrogens with one attached hydrogen (secondary N) is 2. The highest BCUT2D eigenvalue weighted by Gasteiger charge is 2.08. The Labute approximate surface area is 139 Å². The number of hydrogen-bond donors (Lipinski definition) is 2. The Morgan fingerprint density at radius 3 is 2.42 bits per heavy atom. The van der Waals surface area contributed by atoms with E-state index in [1.807, 2.05) is 0 Å². The fourth-order valence-electron chi connectivity index (χ4n) is 1.92. The summed E-state index contributed by atoms with van der Waals surface area (Å²) in [5, 5.41) is 5.48. The third kappa shape index (κ3) is 5.90. The highest BCUT2D eigenvalue weighted by atomic mass is 16.5. The molecule has 1 aromatic heterocycles. The molecule has 0 aliphatic rings. The van der Waals surface area contributed by atoms with Crippen LogP contribution in [0.4, 0.5) is 5.82 Å². The predicted molar refractivity (Wildman–Crippen MR) is 88.9 cm³/mol. The number of ether oxygens (including phenoxy) is 1. The van der Waals surface area contributed by atoms with E-state index in [2.05, 4.69) is 10.6 Å². The highest BCUT2D eigenvalue weighted by molar-refractivity contribution is 5.77. The molecule has 0 aliphatic carbocycles. The third-order valence-electron chi connectivity index (χ3n) is 3.20. The molecule has 0 aliphatic heterocycles. The van der Waals surface area contributed by atoms with Gasteiger partial charge in [-0.1, -0.05) is 0 Å². The van der Waals surface area contributed by atoms with Crippen molar-refractivity contribution in [1.29, 1.82) is 0 Å². The van der Waals surface area contributed by atoms with Crippen LogP contribution in [-0.2, 0) is 28.4 Å². The van der Waals surface area contributed by atoms with Crippen molar-refractivity contribution in [3.8, 4) is 0 Å². The summed E-state index contributed by atoms with van der Waals surface area (Å²) in [6, 6.07) is 1.29. The van der Waals surface area contributed by atoms with Crippen molar-refractivity contribution in [1.82, 2.24) is 14.5 Å². The lowest BCUT2D eigenvalue weighted by atomic mass is 10.3. The van der Waals surface area contributed by atoms with Gasteiger partial charge in [-0.25, -0.2) is 4.79 Å². The molecule has 1 aromatic rings. The molecule has 0 unspecified atom stereocenters. The summed E-state index contributed by atoms with van der Waals surface area (Å²) >= 11 is 0. The van der Waals surface area contributed by atoms with Gasteiger partial charge in [0.2, 0.25) is 5.91 Å². The third-order valence-corrected chi connectivity index (χ3v) is 3.20. The van der Waals surface area contributed by atoms with Crippen molar-refractivity contribution >= 4 is 17.7 Å². The Balaban J connectivity index is 2.38. The van der Waals surface area contributed by atoms with E-state index in [9.17, 15) is 19.2 Å². The minimum Gasteiger partial charge on any atom is -0.463 e. The number of aromatic nitrogens is 2. The average Bonchev–Trinajstić information content (AvgIpc) is 2.49. The standard InChI is InChI=1S/C15H24N4O5/c1-10(2)24-14(22)6-8-17-12(20)5-7-16-11-9-13(21)19(4)15(23)18(11)3/h9-10,16H,5-8H2,1-4H3,(H,17,20). The maximum absolute atomic E-state index is 11.8. The second-order valence-electron chi connectivity index (χ2n) is 5.58. The minimum atomic E-state index is -0.446. The first-order chi connectivity index (χ1) is 11.2. The molecule has 0 atom stereocenters. The van der Waals surface area contributed by atoms with Crippen LogP contribution in [-0.4, -0.2) is 40.2 Å². The fraction of sp³-hybridized carbons (Fsp3) is 0.600. The zero-order valence-corrected chi connectivity index (χ0v) is 14.4. The molecule has 0 radical (unpaired) electrons. The molecular weight excluding hydrogens is 316 g/mol. The summed E-state index contributed by atoms with van der Waals surface area (Å²) in [6.07, 6.45) is 0.0751. The lowest BCUT2D eigenvalue weighted by molar-refractivity contribution is -0.147. The Morgan fingerprint density at radius 1 is 1.12 bits per heavy atom. The summed E-state index contributed by atoms with van der Waals surface area (Å²) in [5.74, 6) is -0.261. The van der Waals surface area contributed by atoms with Crippen LogP contribution in [0.25, 0.3) is 0 Å². The number of anilines is 1. The van der Waals surface area contributed by atoms with Gasteiger partial charge in [0.05, 0.1) is 12.5 Å². The van der Waals surface area contributed by atoms with Crippen LogP contribution in [0.1, 0.15) is 26.7 Å². The van der Waals surface area contributed by atoms with E-state index < -0.39 is 11.2 Å². The largest absolute Gasteiger partial charge is 0.463 e. The molecule has 0 aromatic carbocycles. The van der Waals surface area contributed by atoms with Crippen LogP contribution in [0.15, 0.2) is 15.7 Å². The van der Waals surface area contributed by atoms with E-state index in [0.717, 1.165) is 4.57 Å². The summed E-state index contributed by atoms with van der Waals surface area (Å²) in [4.78, 5) is 46.3. The van der Waals surface area contributed by atoms with Crippen LogP contribution >= 0.6 is 0 Å². The zero-order chi connectivity index (χ0) is 18.3. The van der Waals surface area contributed by atoms with Gasteiger partial charge in [0, 0.05) is 39.7 Å². The molecule has 0 bridgehead atoms. The summed E-state index contributed by atoms with van der Waals surface area (Å²) in [6.45, 7) is 3.97. The molecule has 1 rings (SSSR count). The van der Waals surface area contributed by atoms with E-state index >= 15 is 0 Å². The quantitative estimate of drug-likeness (QED) is 0.608. The van der Waals surface area contributed by atoms with Crippen LogP contribution in [0.5, 0.6) is 0 Å². The first-order valence-electron chi connectivity index (χ1n) is 7.69. The van der Waals surface area contributed by atoms with Gasteiger partial charge < -0.3 is 15.4 Å². The Bertz CT molecular complexity index is 705. The van der Waals surface area contributed by atoms with E-state index in [0.29, 0.717) is 5.82 Å². The van der Waals surface area contributed by atoms with Gasteiger partial charge in [-0.2, -0.15) is 0 Å². The number of nitrogens with zero attached hydrogens (tertiary/aromatic N) is 2. The van der Waals surface area contributed by atoms with E-state index in [4.69, 9.17) is 4.74 Å². The SMILES string of the molecule is CC(C)OC(=O)CCNC(=O)CCNc1cc(=O)n(C)c(=O)n1C. The topological polar surface area (TPSA) is 111 Å². The molecule has 9 nitrogen and oxygen atoms in total. The Morgan fingerprint density at radius 2 is 1.79 bits per heavy atom. The molecule has 0 spiro atoms. The van der Waals surface area contributed by atoms with Crippen molar-refractivity contribution < 1.29 is 14.3 Å². The average molecular weight is 340 g/mol. The van der Waals surface area contributed by atoms with Gasteiger partial charge in [0.25, 0.3) is 5.56 Å². The van der Waals surface area contributed by atoms with Crippen LogP contribution in [0, 0.1) is 0 Å². The molecule has 9 heteroatoms. The molecule has 2 N–H and O–H groups in total. The molecular formula is C15H24N4O5. The summed E-state index contributed by atoms with van der Waals surface area (Å²) in [5.41, 5.74) is -0.869. The first-order valence-corrected chi connectivity index (χ1v) is 7.69. The number of hydrogen-bond acceptors (Lipinski definition) is 6. The molecule has 24 heavy (non-hydrogen) atoms. The number of carbonyl (C=O) groups is 2. The molecule has 1 amide bonds. The van der Waals surface area contributed by atoms with Gasteiger partial charge in [-0.3, -0.25) is 23.5 Å². The molecule has 0 saturated carbocycles. The molecule has 0 fully saturated rings. The number of rotatable bonds is 8. The summed E-state index contributed by atoms with van der Waals surface area (Å²) < 4.78 is 7.24. The second-order valence-corrected chi connectivity index (χ2v) is 5.58. The van der Waals surface area contributed by atoms with Crippen molar-refractivity contribution in [2.24, 2.45) is 14.1 Å². The van der Waals surface area contributed by atoms with Gasteiger partial charge >= 0.3 is 11.7 Å². The Hall–Kier alpha value is -2.58. The van der Waals surface area contributed by atoms with E-state index in [-0.39, 0.29) is 43.9 Å². The second kappa shape index (κ2) is 8.90. The normalized spacial score (nSPS) is 10.5. The number of amides is 1. The summed E-state index contributed by atoms with van der Waals surface area (Å²) in [7, 11) is 2.93. The minimum absolute atomic E-state index is 0.112.